The summed E-state index contributed by atoms with van der Waals surface area (Å²) in [5.41, 5.74) is 1.01. The van der Waals surface area contributed by atoms with E-state index in [4.69, 9.17) is 0 Å². The van der Waals surface area contributed by atoms with E-state index in [1.807, 2.05) is 6.92 Å². The maximum Gasteiger partial charge on any atom is 0.278 e. The van der Waals surface area contributed by atoms with Crippen molar-refractivity contribution in [2.75, 3.05) is 10.6 Å². The van der Waals surface area contributed by atoms with E-state index in [-0.39, 0.29) is 5.91 Å². The molecule has 0 radical (unpaired) electrons. The van der Waals surface area contributed by atoms with Gasteiger partial charge in [-0.2, -0.15) is 0 Å². The van der Waals surface area contributed by atoms with Crippen LogP contribution in [-0.4, -0.2) is 25.8 Å². The monoisotopic (exact) mass is 312 g/mol. The topological polar surface area (TPSA) is 92.7 Å². The minimum absolute atomic E-state index is 0.317. The van der Waals surface area contributed by atoms with Gasteiger partial charge < -0.3 is 10.6 Å². The van der Waals surface area contributed by atoms with E-state index in [0.29, 0.717) is 22.2 Å². The van der Waals surface area contributed by atoms with Crippen molar-refractivity contribution in [3.8, 4) is 0 Å². The van der Waals surface area contributed by atoms with Crippen LogP contribution in [0.3, 0.4) is 0 Å². The van der Waals surface area contributed by atoms with E-state index in [9.17, 15) is 4.79 Å². The van der Waals surface area contributed by atoms with Crippen molar-refractivity contribution in [3.05, 3.63) is 53.8 Å². The molecule has 0 fully saturated rings. The molecule has 2 N–H and O–H groups in total. The zero-order valence-electron chi connectivity index (χ0n) is 11.6. The van der Waals surface area contributed by atoms with Crippen LogP contribution in [0.25, 0.3) is 0 Å². The highest BCUT2D eigenvalue weighted by Crippen LogP contribution is 2.27. The summed E-state index contributed by atoms with van der Waals surface area (Å²) in [5.74, 6) is 0.162. The minimum atomic E-state index is -0.317. The summed E-state index contributed by atoms with van der Waals surface area (Å²) in [7, 11) is 0. The van der Waals surface area contributed by atoms with Crippen LogP contribution in [0.5, 0.6) is 0 Å². The van der Waals surface area contributed by atoms with Crippen molar-refractivity contribution in [1.29, 1.82) is 0 Å². The molecule has 22 heavy (non-hydrogen) atoms. The third-order valence-electron chi connectivity index (χ3n) is 2.67. The van der Waals surface area contributed by atoms with Gasteiger partial charge in [0.15, 0.2) is 5.69 Å². The zero-order valence-corrected chi connectivity index (χ0v) is 12.5. The standard InChI is InChI=1S/C14H12N6OS/c1-9-18-12(13(21)20-11-4-2-3-5-17-11)14(22-9)19-10-6-15-8-16-7-10/h2-8,19H,1H3,(H,17,20,21). The Bertz CT molecular complexity index is 775. The van der Waals surface area contributed by atoms with Crippen molar-refractivity contribution in [1.82, 2.24) is 19.9 Å². The Hall–Kier alpha value is -2.87. The van der Waals surface area contributed by atoms with Gasteiger partial charge in [0, 0.05) is 6.20 Å². The third-order valence-corrected chi connectivity index (χ3v) is 3.56. The molecule has 0 spiro atoms. The second-order valence-corrected chi connectivity index (χ2v) is 5.54. The summed E-state index contributed by atoms with van der Waals surface area (Å²) >= 11 is 1.39. The molecule has 8 heteroatoms. The fourth-order valence-corrected chi connectivity index (χ4v) is 2.61. The first-order valence-electron chi connectivity index (χ1n) is 6.44. The third kappa shape index (κ3) is 3.23. The summed E-state index contributed by atoms with van der Waals surface area (Å²) < 4.78 is 0. The second-order valence-electron chi connectivity index (χ2n) is 4.33. The molecule has 0 saturated carbocycles. The first kappa shape index (κ1) is 14.1. The lowest BCUT2D eigenvalue weighted by Gasteiger charge is -2.06. The zero-order chi connectivity index (χ0) is 15.4. The van der Waals surface area contributed by atoms with Crippen LogP contribution >= 0.6 is 11.3 Å². The molecule has 0 atom stereocenters. The number of aromatic nitrogens is 4. The molecule has 3 aromatic rings. The number of anilines is 3. The van der Waals surface area contributed by atoms with Crippen LogP contribution in [0.15, 0.2) is 43.1 Å². The predicted octanol–water partition coefficient (Wildman–Crippen LogP) is 2.63. The fraction of sp³-hybridized carbons (Fsp3) is 0.0714. The molecule has 0 unspecified atom stereocenters. The van der Waals surface area contributed by atoms with Crippen molar-refractivity contribution in [2.45, 2.75) is 6.92 Å². The number of nitrogens with one attached hydrogen (secondary N) is 2. The van der Waals surface area contributed by atoms with E-state index in [1.54, 1.807) is 36.8 Å². The number of hydrogen-bond acceptors (Lipinski definition) is 7. The molecule has 0 bridgehead atoms. The van der Waals surface area contributed by atoms with Crippen LogP contribution < -0.4 is 10.6 Å². The highest BCUT2D eigenvalue weighted by atomic mass is 32.1. The number of hydrogen-bond donors (Lipinski definition) is 2. The molecule has 0 aliphatic carbocycles. The van der Waals surface area contributed by atoms with Crippen molar-refractivity contribution in [2.24, 2.45) is 0 Å². The molecule has 0 saturated heterocycles. The maximum absolute atomic E-state index is 12.4. The normalized spacial score (nSPS) is 10.2. The summed E-state index contributed by atoms with van der Waals surface area (Å²) in [5, 5.41) is 7.25. The molecule has 110 valence electrons. The van der Waals surface area contributed by atoms with Crippen molar-refractivity contribution >= 4 is 33.8 Å². The van der Waals surface area contributed by atoms with Crippen LogP contribution in [0, 0.1) is 6.92 Å². The van der Waals surface area contributed by atoms with E-state index in [0.717, 1.165) is 5.01 Å². The summed E-state index contributed by atoms with van der Waals surface area (Å²) in [6.45, 7) is 1.84. The van der Waals surface area contributed by atoms with Gasteiger partial charge in [0.25, 0.3) is 5.91 Å². The predicted molar refractivity (Wildman–Crippen MR) is 84.4 cm³/mol. The highest BCUT2D eigenvalue weighted by Gasteiger charge is 2.17. The Morgan fingerprint density at radius 2 is 2.05 bits per heavy atom. The fourth-order valence-electron chi connectivity index (χ4n) is 1.77. The molecule has 0 aliphatic rings. The average Bonchev–Trinajstić information content (AvgIpc) is 2.90. The van der Waals surface area contributed by atoms with Crippen LogP contribution in [0.2, 0.25) is 0 Å². The molecule has 0 aromatic carbocycles. The summed E-state index contributed by atoms with van der Waals surface area (Å²) in [4.78, 5) is 28.6. The number of nitrogens with zero attached hydrogens (tertiary/aromatic N) is 4. The summed E-state index contributed by atoms with van der Waals surface area (Å²) in [6.07, 6.45) is 6.31. The SMILES string of the molecule is Cc1nc(C(=O)Nc2ccccn2)c(Nc2cncnc2)s1. The number of aryl methyl sites for hydroxylation is 1. The van der Waals surface area contributed by atoms with Gasteiger partial charge in [0.05, 0.1) is 23.1 Å². The molecule has 1 amide bonds. The van der Waals surface area contributed by atoms with Crippen molar-refractivity contribution in [3.63, 3.8) is 0 Å². The molecular weight excluding hydrogens is 300 g/mol. The number of carbonyl (C=O) groups is 1. The number of pyridine rings is 1. The van der Waals surface area contributed by atoms with E-state index in [1.165, 1.54) is 17.7 Å². The molecule has 7 nitrogen and oxygen atoms in total. The quantitative estimate of drug-likeness (QED) is 0.769. The van der Waals surface area contributed by atoms with Crippen LogP contribution in [-0.2, 0) is 0 Å². The average molecular weight is 312 g/mol. The van der Waals surface area contributed by atoms with E-state index in [2.05, 4.69) is 30.6 Å². The van der Waals surface area contributed by atoms with Gasteiger partial charge in [0.2, 0.25) is 0 Å². The van der Waals surface area contributed by atoms with Gasteiger partial charge in [-0.3, -0.25) is 4.79 Å². The number of carbonyl (C=O) groups excluding carboxylic acids is 1. The Balaban J connectivity index is 1.83. The van der Waals surface area contributed by atoms with Gasteiger partial charge in [-0.15, -0.1) is 11.3 Å². The van der Waals surface area contributed by atoms with Crippen LogP contribution in [0.1, 0.15) is 15.5 Å². The molecule has 0 aliphatic heterocycles. The number of amides is 1. The van der Waals surface area contributed by atoms with Gasteiger partial charge in [0.1, 0.15) is 17.1 Å². The highest BCUT2D eigenvalue weighted by molar-refractivity contribution is 7.16. The smallest absolute Gasteiger partial charge is 0.278 e. The summed E-state index contributed by atoms with van der Waals surface area (Å²) in [6, 6.07) is 5.30. The van der Waals surface area contributed by atoms with E-state index < -0.39 is 0 Å². The maximum atomic E-state index is 12.4. The lowest BCUT2D eigenvalue weighted by Crippen LogP contribution is -2.14. The lowest BCUT2D eigenvalue weighted by molar-refractivity contribution is 0.102. The molecule has 3 heterocycles. The lowest BCUT2D eigenvalue weighted by atomic mass is 10.4. The second kappa shape index (κ2) is 6.27. The van der Waals surface area contributed by atoms with Crippen molar-refractivity contribution < 1.29 is 4.79 Å². The first-order valence-corrected chi connectivity index (χ1v) is 7.26. The largest absolute Gasteiger partial charge is 0.343 e. The van der Waals surface area contributed by atoms with Gasteiger partial charge in [-0.1, -0.05) is 6.07 Å². The van der Waals surface area contributed by atoms with E-state index >= 15 is 0 Å². The van der Waals surface area contributed by atoms with Crippen LogP contribution in [0.4, 0.5) is 16.5 Å². The minimum Gasteiger partial charge on any atom is -0.343 e. The Morgan fingerprint density at radius 3 is 2.77 bits per heavy atom. The molecular formula is C14H12N6OS. The Labute approximate surface area is 130 Å². The number of rotatable bonds is 4. The Morgan fingerprint density at radius 1 is 1.23 bits per heavy atom. The number of thiazole rings is 1. The molecule has 3 rings (SSSR count). The van der Waals surface area contributed by atoms with Gasteiger partial charge >= 0.3 is 0 Å². The van der Waals surface area contributed by atoms with Gasteiger partial charge in [-0.05, 0) is 19.1 Å². The molecule has 3 aromatic heterocycles. The van der Waals surface area contributed by atoms with Gasteiger partial charge in [-0.25, -0.2) is 19.9 Å². The first-order chi connectivity index (χ1) is 10.7. The Kier molecular flexibility index (Phi) is 4.01.